The maximum atomic E-state index is 13.5. The number of unbranched alkanes of at least 4 members (excludes halogenated alkanes) is 17. The summed E-state index contributed by atoms with van der Waals surface area (Å²) in [5, 5.41) is 3.02. The maximum Gasteiger partial charge on any atom is 0.472 e. The Morgan fingerprint density at radius 2 is 0.878 bits per heavy atom. The van der Waals surface area contributed by atoms with Crippen LogP contribution >= 0.6 is 7.82 Å². The van der Waals surface area contributed by atoms with Gasteiger partial charge in [-0.25, -0.2) is 4.57 Å². The molecule has 0 aromatic rings. The molecule has 0 saturated heterocycles. The third kappa shape index (κ3) is 53.2. The number of ether oxygens (including phenoxy) is 1. The lowest BCUT2D eigenvalue weighted by Crippen LogP contribution is -2.47. The first-order chi connectivity index (χ1) is 35.9. The van der Waals surface area contributed by atoms with Gasteiger partial charge in [0.15, 0.2) is 0 Å². The zero-order chi connectivity index (χ0) is 54.3. The van der Waals surface area contributed by atoms with E-state index in [1.54, 1.807) is 0 Å². The fourth-order valence-corrected chi connectivity index (χ4v) is 8.42. The minimum Gasteiger partial charge on any atom is -0.456 e. The molecule has 0 heterocycles. The average molecular weight is 1050 g/mol. The highest BCUT2D eigenvalue weighted by Gasteiger charge is 2.30. The van der Waals surface area contributed by atoms with Gasteiger partial charge in [-0.1, -0.05) is 226 Å². The Morgan fingerprint density at radius 1 is 0.486 bits per heavy atom. The number of allylic oxidation sites excluding steroid dienone is 19. The van der Waals surface area contributed by atoms with Gasteiger partial charge in [-0.15, -0.1) is 0 Å². The van der Waals surface area contributed by atoms with Crippen LogP contribution in [0.2, 0.25) is 0 Å². The van der Waals surface area contributed by atoms with Crippen molar-refractivity contribution < 1.29 is 37.3 Å². The SMILES string of the molecule is CC/C=C\C/C=C\C/C=C\C/C=C\C/C=C\C/C=C\CCC(=O)OC(/C=C/CCCCCCCCCCCCC)C(COP(=O)(O)OCC[N+](C)(C)C)NC(=O)CCCCCCCC/C=C/C/C=C/C/C=C/CC. The fourth-order valence-electron chi connectivity index (χ4n) is 7.68. The molecule has 0 aliphatic carbocycles. The molecule has 0 aromatic heterocycles. The van der Waals surface area contributed by atoms with Crippen molar-refractivity contribution in [3.8, 4) is 0 Å². The quantitative estimate of drug-likeness (QED) is 0.0205. The zero-order valence-corrected chi connectivity index (χ0v) is 48.9. The number of rotatable bonds is 51. The van der Waals surface area contributed by atoms with Crippen LogP contribution < -0.4 is 5.32 Å². The molecule has 1 amide bonds. The molecule has 0 saturated carbocycles. The fraction of sp³-hybridized carbons (Fsp3) is 0.656. The molecule has 2 N–H and O–H groups in total. The maximum absolute atomic E-state index is 13.5. The highest BCUT2D eigenvalue weighted by Crippen LogP contribution is 2.43. The molecule has 3 atom stereocenters. The number of phosphoric ester groups is 1. The van der Waals surface area contributed by atoms with E-state index >= 15 is 0 Å². The molecule has 0 aliphatic heterocycles. The van der Waals surface area contributed by atoms with Gasteiger partial charge >= 0.3 is 13.8 Å². The second-order valence-electron chi connectivity index (χ2n) is 20.4. The van der Waals surface area contributed by atoms with Crippen molar-refractivity contribution in [2.24, 2.45) is 0 Å². The molecule has 74 heavy (non-hydrogen) atoms. The summed E-state index contributed by atoms with van der Waals surface area (Å²) >= 11 is 0. The third-order valence-corrected chi connectivity index (χ3v) is 13.1. The third-order valence-electron chi connectivity index (χ3n) is 12.2. The first kappa shape index (κ1) is 70.4. The molecule has 0 fully saturated rings. The van der Waals surface area contributed by atoms with Crippen LogP contribution in [0.1, 0.15) is 220 Å². The summed E-state index contributed by atoms with van der Waals surface area (Å²) < 4.78 is 30.6. The van der Waals surface area contributed by atoms with Crippen molar-refractivity contribution in [3.63, 3.8) is 0 Å². The highest BCUT2D eigenvalue weighted by atomic mass is 31.2. The Balaban J connectivity index is 5.50. The van der Waals surface area contributed by atoms with Gasteiger partial charge < -0.3 is 19.4 Å². The second-order valence-corrected chi connectivity index (χ2v) is 21.9. The van der Waals surface area contributed by atoms with Crippen LogP contribution in [-0.4, -0.2) is 74.3 Å². The number of quaternary nitrogens is 1. The molecule has 0 aliphatic rings. The van der Waals surface area contributed by atoms with E-state index in [1.165, 1.54) is 57.8 Å². The van der Waals surface area contributed by atoms with Gasteiger partial charge in [0, 0.05) is 12.8 Å². The minimum absolute atomic E-state index is 0.0197. The first-order valence-electron chi connectivity index (χ1n) is 29.4. The Morgan fingerprint density at radius 3 is 1.32 bits per heavy atom. The van der Waals surface area contributed by atoms with Crippen LogP contribution in [0.3, 0.4) is 0 Å². The summed E-state index contributed by atoms with van der Waals surface area (Å²) in [4.78, 5) is 37.6. The molecule has 3 unspecified atom stereocenters. The van der Waals surface area contributed by atoms with Crippen molar-refractivity contribution in [2.75, 3.05) is 40.9 Å². The predicted octanol–water partition coefficient (Wildman–Crippen LogP) is 17.9. The topological polar surface area (TPSA) is 111 Å². The van der Waals surface area contributed by atoms with Crippen LogP contribution in [0.15, 0.2) is 122 Å². The molecule has 0 bridgehead atoms. The summed E-state index contributed by atoms with van der Waals surface area (Å²) in [6.07, 6.45) is 73.5. The Kier molecular flexibility index (Phi) is 50.3. The van der Waals surface area contributed by atoms with E-state index in [1.807, 2.05) is 45.4 Å². The Hall–Kier alpha value is -3.59. The predicted molar refractivity (Wildman–Crippen MR) is 318 cm³/mol. The number of carbonyl (C=O) groups is 2. The van der Waals surface area contributed by atoms with Gasteiger partial charge in [0.2, 0.25) is 5.91 Å². The van der Waals surface area contributed by atoms with Gasteiger partial charge in [0.1, 0.15) is 19.3 Å². The first-order valence-corrected chi connectivity index (χ1v) is 30.9. The van der Waals surface area contributed by atoms with Crippen LogP contribution in [-0.2, 0) is 27.9 Å². The number of likely N-dealkylation sites (N-methyl/N-ethyl adjacent to an activating group) is 1. The number of hydrogen-bond acceptors (Lipinski definition) is 6. The van der Waals surface area contributed by atoms with Crippen molar-refractivity contribution in [1.82, 2.24) is 5.32 Å². The lowest BCUT2D eigenvalue weighted by molar-refractivity contribution is -0.870. The Labute approximate surface area is 454 Å². The average Bonchev–Trinajstić information content (AvgIpc) is 3.36. The number of carbonyl (C=O) groups excluding carboxylic acids is 2. The number of hydrogen-bond donors (Lipinski definition) is 2. The number of phosphoric acid groups is 1. The van der Waals surface area contributed by atoms with Crippen LogP contribution in [0.4, 0.5) is 0 Å². The van der Waals surface area contributed by atoms with Crippen LogP contribution in [0.25, 0.3) is 0 Å². The van der Waals surface area contributed by atoms with Gasteiger partial charge in [-0.2, -0.15) is 0 Å². The van der Waals surface area contributed by atoms with E-state index < -0.39 is 25.9 Å². The van der Waals surface area contributed by atoms with E-state index in [0.29, 0.717) is 23.9 Å². The minimum atomic E-state index is -4.47. The van der Waals surface area contributed by atoms with E-state index in [-0.39, 0.29) is 25.5 Å². The lowest BCUT2D eigenvalue weighted by atomic mass is 10.0. The van der Waals surface area contributed by atoms with Crippen molar-refractivity contribution in [3.05, 3.63) is 122 Å². The van der Waals surface area contributed by atoms with Crippen LogP contribution in [0.5, 0.6) is 0 Å². The number of nitrogens with zero attached hydrogens (tertiary/aromatic N) is 1. The molecule has 9 nitrogen and oxygen atoms in total. The molecular formula is C64H110N2O7P+. The van der Waals surface area contributed by atoms with Gasteiger partial charge in [-0.3, -0.25) is 18.6 Å². The normalized spacial score (nSPS) is 14.6. The number of nitrogens with one attached hydrogen (secondary N) is 1. The second kappa shape index (κ2) is 52.8. The van der Waals surface area contributed by atoms with E-state index in [0.717, 1.165) is 122 Å². The standard InChI is InChI=1S/C64H109N2O7P/c1-7-10-13-16-19-22-25-28-30-32-33-34-36-39-42-45-48-51-54-57-64(68)73-62(55-52-49-46-43-40-37-27-24-21-18-15-12-9-3)61(60-72-74(69,70)71-59-58-66(4,5)6)65-63(67)56-53-50-47-44-41-38-35-31-29-26-23-20-17-14-11-8-2/h10-11,13-14,19-20,22-23,28-31,33-34,39,42,48,51-52,55,61-62H,7-9,12,15-18,21,24-27,32,35-38,40-41,43-47,49-50,53-54,56-60H2,1-6H3,(H-,65,67,69,70)/p+1/b13-10-,14-11+,22-19-,23-20+,30-28-,31-29+,34-33-,42-39-,51-48-,55-52+. The summed E-state index contributed by atoms with van der Waals surface area (Å²) in [6.45, 7) is 6.71. The molecule has 422 valence electrons. The highest BCUT2D eigenvalue weighted by molar-refractivity contribution is 7.47. The molecule has 10 heteroatoms. The lowest BCUT2D eigenvalue weighted by Gasteiger charge is -2.27. The monoisotopic (exact) mass is 1050 g/mol. The van der Waals surface area contributed by atoms with Crippen LogP contribution in [0, 0.1) is 0 Å². The number of esters is 1. The number of amides is 1. The smallest absolute Gasteiger partial charge is 0.456 e. The van der Waals surface area contributed by atoms with E-state index in [2.05, 4.69) is 123 Å². The Bertz CT molecular complexity index is 1680. The largest absolute Gasteiger partial charge is 0.472 e. The van der Waals surface area contributed by atoms with Gasteiger partial charge in [0.05, 0.1) is 33.8 Å². The molecule has 0 radical (unpaired) electrons. The summed E-state index contributed by atoms with van der Waals surface area (Å²) in [7, 11) is 1.43. The summed E-state index contributed by atoms with van der Waals surface area (Å²) in [6, 6.07) is -0.894. The van der Waals surface area contributed by atoms with E-state index in [9.17, 15) is 19.0 Å². The summed E-state index contributed by atoms with van der Waals surface area (Å²) in [5.41, 5.74) is 0. The van der Waals surface area contributed by atoms with Crippen molar-refractivity contribution in [1.29, 1.82) is 0 Å². The zero-order valence-electron chi connectivity index (χ0n) is 48.0. The summed E-state index contributed by atoms with van der Waals surface area (Å²) in [5.74, 6) is -0.627. The van der Waals surface area contributed by atoms with Crippen molar-refractivity contribution >= 4 is 19.7 Å². The molecular weight excluding hydrogens is 940 g/mol. The molecule has 0 aromatic carbocycles. The van der Waals surface area contributed by atoms with E-state index in [4.69, 9.17) is 13.8 Å². The molecule has 0 rings (SSSR count). The molecule has 0 spiro atoms. The van der Waals surface area contributed by atoms with Crippen molar-refractivity contribution in [2.45, 2.75) is 232 Å². The van der Waals surface area contributed by atoms with Gasteiger partial charge in [0.25, 0.3) is 0 Å². The van der Waals surface area contributed by atoms with Gasteiger partial charge in [-0.05, 0) is 102 Å².